The molecular weight excluding hydrogens is 506 g/mol. The van der Waals surface area contributed by atoms with Crippen LogP contribution in [0, 0.1) is 39.9 Å². The van der Waals surface area contributed by atoms with Crippen molar-refractivity contribution >= 4 is 17.5 Å². The highest BCUT2D eigenvalue weighted by Crippen LogP contribution is 2.76. The number of ether oxygens (including phenoxy) is 1. The van der Waals surface area contributed by atoms with Gasteiger partial charge in [-0.15, -0.1) is 0 Å². The Kier molecular flexibility index (Phi) is 6.23. The molecule has 0 radical (unpaired) electrons. The SMILES string of the molecule is CC(=O)OC1CCC2(C)C(=CCC3C2CCC2(C)C3CC3C(c4ccccc4)=NC(c4ccccc4)C32C(C)=O)C1. The highest BCUT2D eigenvalue weighted by Gasteiger charge is 2.74. The number of nitrogens with zero attached hydrogens (tertiary/aromatic N) is 1. The molecule has 4 nitrogen and oxygen atoms in total. The van der Waals surface area contributed by atoms with E-state index in [0.29, 0.717) is 23.5 Å². The van der Waals surface area contributed by atoms with Crippen molar-refractivity contribution in [1.29, 1.82) is 0 Å². The summed E-state index contributed by atoms with van der Waals surface area (Å²) in [6.07, 6.45) is 9.73. The van der Waals surface area contributed by atoms with Crippen LogP contribution in [-0.4, -0.2) is 23.6 Å². The first-order valence-corrected chi connectivity index (χ1v) is 15.8. The lowest BCUT2D eigenvalue weighted by Crippen LogP contribution is -2.56. The number of ketones is 1. The molecule has 0 aromatic heterocycles. The first kappa shape index (κ1) is 26.9. The number of benzene rings is 2. The molecule has 5 aliphatic rings. The topological polar surface area (TPSA) is 55.7 Å². The molecule has 3 saturated carbocycles. The van der Waals surface area contributed by atoms with Crippen molar-refractivity contribution in [3.8, 4) is 0 Å². The monoisotopic (exact) mass is 549 g/mol. The molecule has 7 rings (SSSR count). The van der Waals surface area contributed by atoms with Crippen LogP contribution in [0.2, 0.25) is 0 Å². The number of esters is 1. The van der Waals surface area contributed by atoms with E-state index in [4.69, 9.17) is 9.73 Å². The predicted octanol–water partition coefficient (Wildman–Crippen LogP) is 7.93. The first-order valence-electron chi connectivity index (χ1n) is 15.8. The number of allylic oxidation sites excluding steroid dienone is 1. The van der Waals surface area contributed by atoms with E-state index in [1.165, 1.54) is 23.6 Å². The zero-order chi connectivity index (χ0) is 28.6. The minimum atomic E-state index is -0.535. The Hall–Kier alpha value is -3.01. The summed E-state index contributed by atoms with van der Waals surface area (Å²) >= 11 is 0. The normalized spacial score (nSPS) is 40.8. The number of hydrogen-bond acceptors (Lipinski definition) is 4. The first-order chi connectivity index (χ1) is 19.7. The van der Waals surface area contributed by atoms with Gasteiger partial charge in [0.15, 0.2) is 0 Å². The van der Waals surface area contributed by atoms with Crippen molar-refractivity contribution in [1.82, 2.24) is 0 Å². The van der Waals surface area contributed by atoms with Gasteiger partial charge in [0.05, 0.1) is 11.5 Å². The van der Waals surface area contributed by atoms with Crippen LogP contribution in [0.4, 0.5) is 0 Å². The van der Waals surface area contributed by atoms with Gasteiger partial charge in [0.2, 0.25) is 0 Å². The van der Waals surface area contributed by atoms with Crippen molar-refractivity contribution in [3.05, 3.63) is 83.4 Å². The molecule has 3 fully saturated rings. The zero-order valence-corrected chi connectivity index (χ0v) is 24.9. The second-order valence-electron chi connectivity index (χ2n) is 14.1. The third kappa shape index (κ3) is 3.68. The number of rotatable bonds is 4. The largest absolute Gasteiger partial charge is 0.462 e. The van der Waals surface area contributed by atoms with Crippen LogP contribution in [0.5, 0.6) is 0 Å². The molecule has 1 heterocycles. The average Bonchev–Trinajstić information content (AvgIpc) is 3.45. The molecule has 41 heavy (non-hydrogen) atoms. The van der Waals surface area contributed by atoms with Gasteiger partial charge in [-0.25, -0.2) is 0 Å². The van der Waals surface area contributed by atoms with E-state index in [-0.39, 0.29) is 34.9 Å². The molecule has 0 bridgehead atoms. The second-order valence-corrected chi connectivity index (χ2v) is 14.1. The van der Waals surface area contributed by atoms with Gasteiger partial charge in [-0.1, -0.05) is 86.2 Å². The van der Waals surface area contributed by atoms with Gasteiger partial charge in [-0.3, -0.25) is 14.6 Å². The van der Waals surface area contributed by atoms with Gasteiger partial charge in [0.1, 0.15) is 11.9 Å². The molecule has 9 atom stereocenters. The lowest BCUT2D eigenvalue weighted by atomic mass is 9.44. The van der Waals surface area contributed by atoms with Gasteiger partial charge in [-0.05, 0) is 85.2 Å². The fourth-order valence-electron chi connectivity index (χ4n) is 10.9. The molecule has 2 aromatic carbocycles. The minimum absolute atomic E-state index is 0.0142. The summed E-state index contributed by atoms with van der Waals surface area (Å²) in [7, 11) is 0. The van der Waals surface area contributed by atoms with E-state index >= 15 is 0 Å². The molecule has 1 aliphatic heterocycles. The Bertz CT molecular complexity index is 1430. The van der Waals surface area contributed by atoms with Gasteiger partial charge < -0.3 is 4.74 Å². The Balaban J connectivity index is 1.32. The molecule has 0 amide bonds. The summed E-state index contributed by atoms with van der Waals surface area (Å²) in [6.45, 7) is 8.34. The predicted molar refractivity (Wildman–Crippen MR) is 161 cm³/mol. The van der Waals surface area contributed by atoms with Crippen LogP contribution in [0.1, 0.15) is 89.8 Å². The lowest BCUT2D eigenvalue weighted by Gasteiger charge is -2.60. The Morgan fingerprint density at radius 2 is 1.61 bits per heavy atom. The maximum atomic E-state index is 14.3. The molecule has 4 heteroatoms. The second kappa shape index (κ2) is 9.51. The van der Waals surface area contributed by atoms with E-state index in [9.17, 15) is 9.59 Å². The summed E-state index contributed by atoms with van der Waals surface area (Å²) in [5.41, 5.74) is 4.48. The van der Waals surface area contributed by atoms with E-state index in [1.807, 2.05) is 6.92 Å². The van der Waals surface area contributed by atoms with E-state index in [2.05, 4.69) is 80.6 Å². The number of fused-ring (bicyclic) bond motifs is 7. The van der Waals surface area contributed by atoms with Crippen molar-refractivity contribution in [2.45, 2.75) is 84.8 Å². The number of carbonyl (C=O) groups is 2. The molecule has 9 unspecified atom stereocenters. The number of Topliss-reactive ketones (excluding diaryl/α,β-unsaturated/α-hetero) is 1. The van der Waals surface area contributed by atoms with Crippen LogP contribution in [0.25, 0.3) is 0 Å². The third-order valence-electron chi connectivity index (χ3n) is 12.6. The summed E-state index contributed by atoms with van der Waals surface area (Å²) in [4.78, 5) is 31.5. The number of carbonyl (C=O) groups excluding carboxylic acids is 2. The molecular formula is C37H43NO3. The van der Waals surface area contributed by atoms with Crippen LogP contribution >= 0.6 is 0 Å². The van der Waals surface area contributed by atoms with E-state index in [1.54, 1.807) is 0 Å². The Morgan fingerprint density at radius 3 is 2.29 bits per heavy atom. The molecule has 0 saturated heterocycles. The standard InChI is InChI=1S/C37H43NO3/c1-23(39)37-32(33(25-11-7-5-8-12-25)38-34(37)26-13-9-6-10-14-26)22-31-29-16-15-27-21-28(41-24(2)40)17-19-35(27,3)30(29)18-20-36(31,37)4/h5-15,28-32,34H,16-22H2,1-4H3. The molecule has 214 valence electrons. The minimum Gasteiger partial charge on any atom is -0.462 e. The van der Waals surface area contributed by atoms with Gasteiger partial charge in [0.25, 0.3) is 0 Å². The van der Waals surface area contributed by atoms with Crippen LogP contribution < -0.4 is 0 Å². The Morgan fingerprint density at radius 1 is 0.902 bits per heavy atom. The van der Waals surface area contributed by atoms with Gasteiger partial charge in [0, 0.05) is 25.0 Å². The highest BCUT2D eigenvalue weighted by molar-refractivity contribution is 6.08. The third-order valence-corrected chi connectivity index (χ3v) is 12.6. The van der Waals surface area contributed by atoms with Gasteiger partial charge >= 0.3 is 5.97 Å². The fraction of sp³-hybridized carbons (Fsp3) is 0.541. The summed E-state index contributed by atoms with van der Waals surface area (Å²) < 4.78 is 5.67. The Labute approximate surface area is 244 Å². The van der Waals surface area contributed by atoms with Crippen LogP contribution in [0.3, 0.4) is 0 Å². The molecule has 0 N–H and O–H groups in total. The van der Waals surface area contributed by atoms with E-state index < -0.39 is 5.41 Å². The van der Waals surface area contributed by atoms with Crippen LogP contribution in [0.15, 0.2) is 77.3 Å². The molecule has 4 aliphatic carbocycles. The summed E-state index contributed by atoms with van der Waals surface area (Å²) in [5, 5.41) is 0. The lowest BCUT2D eigenvalue weighted by molar-refractivity contribution is -0.150. The summed E-state index contributed by atoms with van der Waals surface area (Å²) in [6, 6.07) is 21.1. The van der Waals surface area contributed by atoms with Gasteiger partial charge in [-0.2, -0.15) is 0 Å². The number of hydrogen-bond donors (Lipinski definition) is 0. The van der Waals surface area contributed by atoms with Crippen molar-refractivity contribution in [3.63, 3.8) is 0 Å². The fourth-order valence-corrected chi connectivity index (χ4v) is 10.9. The molecule has 2 aromatic rings. The highest BCUT2D eigenvalue weighted by atomic mass is 16.5. The van der Waals surface area contributed by atoms with Crippen molar-refractivity contribution < 1.29 is 14.3 Å². The van der Waals surface area contributed by atoms with E-state index in [0.717, 1.165) is 50.7 Å². The maximum Gasteiger partial charge on any atom is 0.302 e. The van der Waals surface area contributed by atoms with Crippen LogP contribution in [-0.2, 0) is 14.3 Å². The zero-order valence-electron chi connectivity index (χ0n) is 24.9. The summed E-state index contributed by atoms with van der Waals surface area (Å²) in [5.74, 6) is 1.90. The quantitative estimate of drug-likeness (QED) is 0.287. The molecule has 0 spiro atoms. The number of aliphatic imine (C=N–C) groups is 1. The smallest absolute Gasteiger partial charge is 0.302 e. The maximum absolute atomic E-state index is 14.3. The van der Waals surface area contributed by atoms with Crippen molar-refractivity contribution in [2.75, 3.05) is 0 Å². The van der Waals surface area contributed by atoms with Crippen molar-refractivity contribution in [2.24, 2.45) is 44.9 Å². The average molecular weight is 550 g/mol.